The first kappa shape index (κ1) is 8.80. The van der Waals surface area contributed by atoms with Crippen molar-refractivity contribution in [2.45, 2.75) is 32.2 Å². The highest BCUT2D eigenvalue weighted by molar-refractivity contribution is 14.1. The standard InChI is InChI=1S/C15H21IO4/c1-17-14-10-12(5-6-13(14)18-9-7-16)11-20-15-4-2-3-8-19-15/h5-6,10,15H,2-4,7-9,11H2,1H3/i1D3,7D2,9D2. The molecule has 112 valence electrons. The molecule has 1 unspecified atom stereocenters. The van der Waals surface area contributed by atoms with Crippen LogP contribution in [0.15, 0.2) is 18.2 Å². The summed E-state index contributed by atoms with van der Waals surface area (Å²) in [5.41, 5.74) is 0.591. The highest BCUT2D eigenvalue weighted by Gasteiger charge is 2.14. The van der Waals surface area contributed by atoms with Gasteiger partial charge in [-0.1, -0.05) is 28.7 Å². The van der Waals surface area contributed by atoms with Crippen molar-refractivity contribution in [2.75, 3.05) is 24.6 Å². The number of hydrogen-bond acceptors (Lipinski definition) is 4. The number of alkyl halides is 1. The van der Waals surface area contributed by atoms with E-state index in [1.165, 1.54) is 34.7 Å². The Labute approximate surface area is 143 Å². The SMILES string of the molecule is [2H]C([2H])([2H])Oc1cc(COC2CCCCO2)ccc1OC([2H])([2H])C([2H])([2H])I. The van der Waals surface area contributed by atoms with Crippen LogP contribution in [0, 0.1) is 0 Å². The molecule has 0 aliphatic carbocycles. The number of rotatable bonds is 7. The van der Waals surface area contributed by atoms with Gasteiger partial charge in [-0.25, -0.2) is 0 Å². The van der Waals surface area contributed by atoms with Gasteiger partial charge in [-0.05, 0) is 37.0 Å². The summed E-state index contributed by atoms with van der Waals surface area (Å²) >= 11 is 1.28. The molecule has 0 bridgehead atoms. The van der Waals surface area contributed by atoms with Gasteiger partial charge in [0.05, 0.1) is 27.1 Å². The Morgan fingerprint density at radius 3 is 3.15 bits per heavy atom. The summed E-state index contributed by atoms with van der Waals surface area (Å²) in [5, 5.41) is 0. The van der Waals surface area contributed by atoms with Crippen molar-refractivity contribution in [1.29, 1.82) is 0 Å². The van der Waals surface area contributed by atoms with E-state index in [0.29, 0.717) is 12.2 Å². The van der Waals surface area contributed by atoms with Crippen molar-refractivity contribution in [3.63, 3.8) is 0 Å². The number of ether oxygens (including phenoxy) is 4. The quantitative estimate of drug-likeness (QED) is 0.519. The average molecular weight is 399 g/mol. The molecule has 1 aliphatic rings. The molecule has 4 nitrogen and oxygen atoms in total. The van der Waals surface area contributed by atoms with Gasteiger partial charge in [0.1, 0.15) is 0 Å². The highest BCUT2D eigenvalue weighted by Crippen LogP contribution is 2.28. The molecular formula is C15H21IO4. The minimum atomic E-state index is -2.78. The van der Waals surface area contributed by atoms with Crippen LogP contribution in [-0.2, 0) is 16.1 Å². The monoisotopic (exact) mass is 399 g/mol. The molecule has 0 saturated carbocycles. The van der Waals surface area contributed by atoms with E-state index in [-0.39, 0.29) is 24.4 Å². The third-order valence-corrected chi connectivity index (χ3v) is 3.11. The van der Waals surface area contributed by atoms with E-state index in [1.54, 1.807) is 6.07 Å². The van der Waals surface area contributed by atoms with Crippen molar-refractivity contribution in [2.24, 2.45) is 0 Å². The van der Waals surface area contributed by atoms with Crippen LogP contribution in [0.5, 0.6) is 11.5 Å². The molecule has 1 saturated heterocycles. The molecule has 1 heterocycles. The molecule has 20 heavy (non-hydrogen) atoms. The maximum absolute atomic E-state index is 7.74. The third kappa shape index (κ3) is 4.79. The molecule has 5 heteroatoms. The first-order valence-corrected chi connectivity index (χ1v) is 7.38. The van der Waals surface area contributed by atoms with Crippen LogP contribution < -0.4 is 9.47 Å². The first-order valence-electron chi connectivity index (χ1n) is 9.80. The first-order chi connectivity index (χ1) is 12.4. The largest absolute Gasteiger partial charge is 0.493 e. The maximum Gasteiger partial charge on any atom is 0.161 e. The lowest BCUT2D eigenvalue weighted by Crippen LogP contribution is -2.22. The Kier molecular flexibility index (Phi) is 3.82. The molecule has 0 spiro atoms. The Bertz CT molecular complexity index is 628. The Hall–Kier alpha value is -0.530. The second-order valence-corrected chi connectivity index (χ2v) is 4.83. The summed E-state index contributed by atoms with van der Waals surface area (Å²) in [6, 6.07) is 4.29. The zero-order valence-corrected chi connectivity index (χ0v) is 13.0. The van der Waals surface area contributed by atoms with Gasteiger partial charge in [0, 0.05) is 13.7 Å². The number of hydrogen-bond donors (Lipinski definition) is 0. The minimum Gasteiger partial charge on any atom is -0.493 e. The summed E-state index contributed by atoms with van der Waals surface area (Å²) in [6.45, 7) is -1.91. The predicted octanol–water partition coefficient (Wildman–Crippen LogP) is 3.55. The van der Waals surface area contributed by atoms with Gasteiger partial charge in [-0.3, -0.25) is 0 Å². The second-order valence-electron chi connectivity index (χ2n) is 4.29. The molecular weight excluding hydrogens is 371 g/mol. The van der Waals surface area contributed by atoms with Crippen molar-refractivity contribution in [3.05, 3.63) is 23.8 Å². The predicted molar refractivity (Wildman–Crippen MR) is 85.8 cm³/mol. The van der Waals surface area contributed by atoms with E-state index < -0.39 is 18.0 Å². The van der Waals surface area contributed by atoms with Crippen LogP contribution in [0.25, 0.3) is 0 Å². The Morgan fingerprint density at radius 2 is 2.40 bits per heavy atom. The fraction of sp³-hybridized carbons (Fsp3) is 0.600. The van der Waals surface area contributed by atoms with Crippen molar-refractivity contribution in [1.82, 2.24) is 0 Å². The van der Waals surface area contributed by atoms with Gasteiger partial charge in [-0.2, -0.15) is 0 Å². The summed E-state index contributed by atoms with van der Waals surface area (Å²) in [5.74, 6) is -0.431. The van der Waals surface area contributed by atoms with Crippen LogP contribution in [0.4, 0.5) is 0 Å². The molecule has 0 radical (unpaired) electrons. The second kappa shape index (κ2) is 8.69. The molecule has 1 atom stereocenters. The number of halogens is 1. The molecule has 0 amide bonds. The molecule has 0 aromatic heterocycles. The molecule has 1 fully saturated rings. The van der Waals surface area contributed by atoms with Gasteiger partial charge in [0.2, 0.25) is 0 Å². The fourth-order valence-electron chi connectivity index (χ4n) is 1.91. The zero-order chi connectivity index (χ0) is 20.3. The van der Waals surface area contributed by atoms with Gasteiger partial charge in [0.15, 0.2) is 17.8 Å². The lowest BCUT2D eigenvalue weighted by atomic mass is 10.2. The van der Waals surface area contributed by atoms with E-state index in [2.05, 4.69) is 0 Å². The Morgan fingerprint density at radius 1 is 1.45 bits per heavy atom. The van der Waals surface area contributed by atoms with Crippen LogP contribution >= 0.6 is 22.6 Å². The van der Waals surface area contributed by atoms with Gasteiger partial charge in [0.25, 0.3) is 0 Å². The molecule has 1 aromatic carbocycles. The van der Waals surface area contributed by atoms with Crippen molar-refractivity contribution >= 4 is 22.6 Å². The summed E-state index contributed by atoms with van der Waals surface area (Å²) in [7, 11) is -2.78. The summed E-state index contributed by atoms with van der Waals surface area (Å²) in [4.78, 5) is 0. The lowest BCUT2D eigenvalue weighted by molar-refractivity contribution is -0.168. The number of benzene rings is 1. The van der Waals surface area contributed by atoms with Crippen molar-refractivity contribution < 1.29 is 28.5 Å². The van der Waals surface area contributed by atoms with Crippen LogP contribution in [0.3, 0.4) is 0 Å². The minimum absolute atomic E-state index is 0.155. The Balaban J connectivity index is 2.18. The normalized spacial score (nSPS) is 26.1. The van der Waals surface area contributed by atoms with E-state index in [9.17, 15) is 0 Å². The molecule has 0 N–H and O–H groups in total. The summed E-state index contributed by atoms with van der Waals surface area (Å²) in [6.07, 6.45) is 2.47. The van der Waals surface area contributed by atoms with Gasteiger partial charge in [-0.15, -0.1) is 0 Å². The van der Waals surface area contributed by atoms with E-state index in [4.69, 9.17) is 28.5 Å². The topological polar surface area (TPSA) is 36.9 Å². The van der Waals surface area contributed by atoms with E-state index in [1.807, 2.05) is 0 Å². The molecule has 1 aromatic rings. The third-order valence-electron chi connectivity index (χ3n) is 2.89. The van der Waals surface area contributed by atoms with Gasteiger partial charge < -0.3 is 18.9 Å². The van der Waals surface area contributed by atoms with Crippen LogP contribution in [-0.4, -0.2) is 30.9 Å². The zero-order valence-electron chi connectivity index (χ0n) is 17.9. The molecule has 1 aliphatic heterocycles. The van der Waals surface area contributed by atoms with Crippen LogP contribution in [0.2, 0.25) is 0 Å². The number of methoxy groups -OCH3 is 1. The van der Waals surface area contributed by atoms with Gasteiger partial charge >= 0.3 is 0 Å². The lowest BCUT2D eigenvalue weighted by Gasteiger charge is -2.22. The highest BCUT2D eigenvalue weighted by atomic mass is 127. The summed E-state index contributed by atoms with van der Waals surface area (Å²) < 4.78 is 71.2. The van der Waals surface area contributed by atoms with Crippen molar-refractivity contribution in [3.8, 4) is 11.5 Å². The average Bonchev–Trinajstić information content (AvgIpc) is 2.53. The van der Waals surface area contributed by atoms with E-state index >= 15 is 0 Å². The fourth-order valence-corrected chi connectivity index (χ4v) is 2.02. The maximum atomic E-state index is 7.74. The smallest absolute Gasteiger partial charge is 0.161 e. The van der Waals surface area contributed by atoms with Crippen LogP contribution in [0.1, 0.15) is 34.4 Å². The van der Waals surface area contributed by atoms with E-state index in [0.717, 1.165) is 19.3 Å². The molecule has 2 rings (SSSR count).